The lowest BCUT2D eigenvalue weighted by Crippen LogP contribution is -2.30. The Bertz CT molecular complexity index is 2090. The summed E-state index contributed by atoms with van der Waals surface area (Å²) in [7, 11) is 0. The average molecular weight is 991 g/mol. The van der Waals surface area contributed by atoms with E-state index < -0.39 is 58.8 Å². The van der Waals surface area contributed by atoms with Crippen molar-refractivity contribution in [2.75, 3.05) is 26.4 Å². The van der Waals surface area contributed by atoms with Gasteiger partial charge in [0.05, 0.1) is 39.4 Å². The second-order valence-electron chi connectivity index (χ2n) is 14.3. The van der Waals surface area contributed by atoms with Crippen LogP contribution >= 0.6 is 31.9 Å². The van der Waals surface area contributed by atoms with E-state index in [2.05, 4.69) is 31.9 Å². The van der Waals surface area contributed by atoms with Crippen molar-refractivity contribution in [2.24, 2.45) is 0 Å². The fourth-order valence-corrected chi connectivity index (χ4v) is 7.57. The number of carbonyl (C=O) groups is 2. The van der Waals surface area contributed by atoms with E-state index in [-0.39, 0.29) is 62.7 Å². The zero-order valence-corrected chi connectivity index (χ0v) is 37.2. The maximum Gasteiger partial charge on any atom is 0.417 e. The molecule has 1 N–H and O–H groups in total. The molecule has 4 aromatic carbocycles. The van der Waals surface area contributed by atoms with Crippen LogP contribution in [0.3, 0.4) is 0 Å². The molecule has 0 amide bonds. The molecule has 0 aliphatic heterocycles. The zero-order chi connectivity index (χ0) is 44.9. The van der Waals surface area contributed by atoms with Gasteiger partial charge in [-0.05, 0) is 155 Å². The van der Waals surface area contributed by atoms with Gasteiger partial charge in [-0.1, -0.05) is 36.4 Å². The second kappa shape index (κ2) is 22.8. The van der Waals surface area contributed by atoms with Crippen LogP contribution in [-0.4, -0.2) is 61.8 Å². The summed E-state index contributed by atoms with van der Waals surface area (Å²) in [4.78, 5) is 23.9. The molecule has 0 fully saturated rings. The van der Waals surface area contributed by atoms with Crippen LogP contribution in [-0.2, 0) is 61.8 Å². The molecule has 4 aromatic rings. The number of aryl methyl sites for hydroxylation is 2. The SMILES string of the molecule is CCOC(Cc1ccc(OCCCc2ccc(-c3ccc(CCCOc4ccc(C[C@H](OCC)C(=O)O)cc4Br)cc3C(F)(F)F)c(C(F)(F)F)c2)c(Br)c1)C(=O)OC(C)C. The smallest absolute Gasteiger partial charge is 0.417 e. The summed E-state index contributed by atoms with van der Waals surface area (Å²) in [5, 5.41) is 9.35. The predicted octanol–water partition coefficient (Wildman–Crippen LogP) is 11.9. The molecule has 332 valence electrons. The van der Waals surface area contributed by atoms with E-state index in [0.717, 1.165) is 29.8 Å². The van der Waals surface area contributed by atoms with Crippen LogP contribution in [0.4, 0.5) is 26.3 Å². The number of carbonyl (C=O) groups excluding carboxylic acids is 1. The van der Waals surface area contributed by atoms with Gasteiger partial charge in [-0.3, -0.25) is 0 Å². The largest absolute Gasteiger partial charge is 0.492 e. The fourth-order valence-electron chi connectivity index (χ4n) is 6.49. The van der Waals surface area contributed by atoms with Crippen molar-refractivity contribution in [2.45, 2.75) is 96.9 Å². The molecule has 0 aliphatic rings. The quantitative estimate of drug-likeness (QED) is 0.0472. The van der Waals surface area contributed by atoms with E-state index in [4.69, 9.17) is 23.7 Å². The highest BCUT2D eigenvalue weighted by Crippen LogP contribution is 2.43. The normalized spacial score (nSPS) is 12.9. The van der Waals surface area contributed by atoms with Crippen molar-refractivity contribution in [1.29, 1.82) is 0 Å². The minimum absolute atomic E-state index is 0.124. The monoisotopic (exact) mass is 988 g/mol. The van der Waals surface area contributed by atoms with Crippen LogP contribution < -0.4 is 9.47 Å². The standard InChI is InChI=1S/C45H48Br2F6O8/c1-5-57-40(42(54)55)25-30-13-17-38(36(46)23-30)59-19-7-9-28-11-15-32(34(21-28)44(48,49)50)33-16-12-29(22-35(33)45(51,52)53)10-8-20-60-39-18-14-31(24-37(39)47)26-41(58-6-2)43(56)61-27(3)4/h11-18,21-24,27,40-41H,5-10,19-20,25-26H2,1-4H3,(H,54,55)/t40-,41?/m0/s1. The summed E-state index contributed by atoms with van der Waals surface area (Å²) in [6.07, 6.45) is -10.6. The number of carboxylic acids is 1. The van der Waals surface area contributed by atoms with Crippen LogP contribution in [0.1, 0.15) is 73.9 Å². The molecule has 0 heterocycles. The number of ether oxygens (including phenoxy) is 5. The van der Waals surface area contributed by atoms with Crippen molar-refractivity contribution in [3.8, 4) is 22.6 Å². The minimum Gasteiger partial charge on any atom is -0.492 e. The van der Waals surface area contributed by atoms with Crippen molar-refractivity contribution in [1.82, 2.24) is 0 Å². The molecule has 0 bridgehead atoms. The predicted molar refractivity (Wildman–Crippen MR) is 225 cm³/mol. The molecule has 8 nitrogen and oxygen atoms in total. The van der Waals surface area contributed by atoms with E-state index in [0.29, 0.717) is 45.5 Å². The topological polar surface area (TPSA) is 101 Å². The molecule has 2 atom stereocenters. The van der Waals surface area contributed by atoms with E-state index in [1.54, 1.807) is 64.1 Å². The maximum atomic E-state index is 14.5. The van der Waals surface area contributed by atoms with Gasteiger partial charge in [0, 0.05) is 26.1 Å². The minimum atomic E-state index is -4.94. The number of halogens is 8. The van der Waals surface area contributed by atoms with Gasteiger partial charge in [-0.15, -0.1) is 0 Å². The highest BCUT2D eigenvalue weighted by atomic mass is 79.9. The van der Waals surface area contributed by atoms with E-state index >= 15 is 0 Å². The molecule has 0 aromatic heterocycles. The second-order valence-corrected chi connectivity index (χ2v) is 16.0. The first-order chi connectivity index (χ1) is 28.8. The number of esters is 1. The molecular weight excluding hydrogens is 942 g/mol. The molecule has 61 heavy (non-hydrogen) atoms. The van der Waals surface area contributed by atoms with Crippen LogP contribution in [0.5, 0.6) is 11.5 Å². The van der Waals surface area contributed by atoms with Crippen molar-refractivity contribution in [3.63, 3.8) is 0 Å². The number of hydrogen-bond acceptors (Lipinski definition) is 7. The van der Waals surface area contributed by atoms with Crippen LogP contribution in [0.15, 0.2) is 81.7 Å². The lowest BCUT2D eigenvalue weighted by atomic mass is 9.91. The van der Waals surface area contributed by atoms with E-state index in [1.807, 2.05) is 0 Å². The van der Waals surface area contributed by atoms with Gasteiger partial charge >= 0.3 is 24.3 Å². The molecule has 4 rings (SSSR count). The summed E-state index contributed by atoms with van der Waals surface area (Å²) in [6.45, 7) is 7.80. The summed E-state index contributed by atoms with van der Waals surface area (Å²) in [5.41, 5.74) is -1.47. The first-order valence-electron chi connectivity index (χ1n) is 19.7. The van der Waals surface area contributed by atoms with E-state index in [9.17, 15) is 41.0 Å². The van der Waals surface area contributed by atoms with Gasteiger partial charge in [0.1, 0.15) is 11.5 Å². The molecular formula is C45H48Br2F6O8. The summed E-state index contributed by atoms with van der Waals surface area (Å²) in [5.74, 6) is -0.621. The number of aliphatic carboxylic acids is 1. The van der Waals surface area contributed by atoms with Gasteiger partial charge in [0.15, 0.2) is 12.2 Å². The third-order valence-electron chi connectivity index (χ3n) is 9.26. The fraction of sp³-hybridized carbons (Fsp3) is 0.422. The summed E-state index contributed by atoms with van der Waals surface area (Å²) in [6, 6.07) is 17.0. The molecule has 0 spiro atoms. The van der Waals surface area contributed by atoms with Crippen LogP contribution in [0.2, 0.25) is 0 Å². The highest BCUT2D eigenvalue weighted by molar-refractivity contribution is 9.11. The Morgan fingerprint density at radius 1 is 0.623 bits per heavy atom. The molecule has 0 aliphatic carbocycles. The Morgan fingerprint density at radius 3 is 1.41 bits per heavy atom. The van der Waals surface area contributed by atoms with Crippen LogP contribution in [0.25, 0.3) is 11.1 Å². The number of rotatable bonds is 22. The number of benzene rings is 4. The number of alkyl halides is 6. The molecule has 0 saturated carbocycles. The van der Waals surface area contributed by atoms with Crippen LogP contribution in [0, 0.1) is 0 Å². The van der Waals surface area contributed by atoms with Gasteiger partial charge in [0.25, 0.3) is 0 Å². The van der Waals surface area contributed by atoms with Gasteiger partial charge in [0.2, 0.25) is 0 Å². The van der Waals surface area contributed by atoms with Crippen molar-refractivity contribution < 1.29 is 64.7 Å². The Morgan fingerprint density at radius 2 is 1.03 bits per heavy atom. The van der Waals surface area contributed by atoms with E-state index in [1.165, 1.54) is 12.1 Å². The molecule has 0 saturated heterocycles. The van der Waals surface area contributed by atoms with Gasteiger partial charge < -0.3 is 28.8 Å². The summed E-state index contributed by atoms with van der Waals surface area (Å²) < 4.78 is 116. The Kier molecular flexibility index (Phi) is 18.5. The third kappa shape index (κ3) is 15.0. The lowest BCUT2D eigenvalue weighted by molar-refractivity contribution is -0.160. The van der Waals surface area contributed by atoms with Crippen molar-refractivity contribution in [3.05, 3.63) is 115 Å². The van der Waals surface area contributed by atoms with Gasteiger partial charge in [-0.2, -0.15) is 26.3 Å². The lowest BCUT2D eigenvalue weighted by Gasteiger charge is -2.20. The van der Waals surface area contributed by atoms with Gasteiger partial charge in [-0.25, -0.2) is 9.59 Å². The Labute approximate surface area is 368 Å². The molecule has 0 radical (unpaired) electrons. The molecule has 1 unspecified atom stereocenters. The zero-order valence-electron chi connectivity index (χ0n) is 34.1. The number of hydrogen-bond donors (Lipinski definition) is 1. The molecule has 16 heteroatoms. The number of carboxylic acid groups (broad SMARTS) is 1. The average Bonchev–Trinajstić information content (AvgIpc) is 3.18. The first kappa shape index (κ1) is 49.5. The first-order valence-corrected chi connectivity index (χ1v) is 21.3. The Balaban J connectivity index is 1.39. The Hall–Kier alpha value is -4.12. The summed E-state index contributed by atoms with van der Waals surface area (Å²) >= 11 is 6.87. The highest BCUT2D eigenvalue weighted by Gasteiger charge is 2.39. The third-order valence-corrected chi connectivity index (χ3v) is 10.5. The van der Waals surface area contributed by atoms with Crippen molar-refractivity contribution >= 4 is 43.8 Å². The maximum absolute atomic E-state index is 14.5.